The smallest absolute Gasteiger partial charge is 0.349 e. The molecule has 0 atom stereocenters. The molecular weight excluding hydrogens is 216 g/mol. The van der Waals surface area contributed by atoms with Gasteiger partial charge in [0.2, 0.25) is 0 Å². The van der Waals surface area contributed by atoms with Crippen molar-refractivity contribution in [3.63, 3.8) is 0 Å². The van der Waals surface area contributed by atoms with Crippen LogP contribution < -0.4 is 10.6 Å². The molecule has 1 aliphatic carbocycles. The number of hydrogen-bond donors (Lipinski definition) is 2. The van der Waals surface area contributed by atoms with E-state index in [0.29, 0.717) is 12.6 Å². The Morgan fingerprint density at radius 1 is 1.33 bits per heavy atom. The molecule has 1 fully saturated rings. The van der Waals surface area contributed by atoms with Gasteiger partial charge in [-0.3, -0.25) is 4.79 Å². The molecule has 88 valence electrons. The summed E-state index contributed by atoms with van der Waals surface area (Å²) in [6.45, 7) is 0.243. The Labute approximate surface area is 84.2 Å². The fourth-order valence-corrected chi connectivity index (χ4v) is 0.957. The number of carbonyl (C=O) groups is 1. The Balaban J connectivity index is 2.16. The first-order valence-electron chi connectivity index (χ1n) is 4.62. The van der Waals surface area contributed by atoms with Crippen molar-refractivity contribution in [3.8, 4) is 0 Å². The van der Waals surface area contributed by atoms with Gasteiger partial charge in [-0.25, -0.2) is 8.78 Å². The van der Waals surface area contributed by atoms with Gasteiger partial charge >= 0.3 is 12.3 Å². The summed E-state index contributed by atoms with van der Waals surface area (Å²) in [5.41, 5.74) is 0. The predicted octanol–water partition coefficient (Wildman–Crippen LogP) is 0.755. The molecule has 0 aromatic carbocycles. The maximum atomic E-state index is 12.4. The third kappa shape index (κ3) is 3.65. The van der Waals surface area contributed by atoms with Gasteiger partial charge in [-0.05, 0) is 12.8 Å². The lowest BCUT2D eigenvalue weighted by molar-refractivity contribution is -0.169. The summed E-state index contributed by atoms with van der Waals surface area (Å²) in [4.78, 5) is 10.6. The van der Waals surface area contributed by atoms with Gasteiger partial charge in [-0.2, -0.15) is 8.78 Å². The molecule has 3 nitrogen and oxygen atoms in total. The largest absolute Gasteiger partial charge is 0.383 e. The third-order valence-corrected chi connectivity index (χ3v) is 2.00. The van der Waals surface area contributed by atoms with E-state index in [9.17, 15) is 22.4 Å². The van der Waals surface area contributed by atoms with Gasteiger partial charge in [0.05, 0.1) is 0 Å². The molecular formula is C8H12F4N2O. The molecule has 0 bridgehead atoms. The van der Waals surface area contributed by atoms with E-state index < -0.39 is 18.3 Å². The van der Waals surface area contributed by atoms with Gasteiger partial charge in [0.15, 0.2) is 0 Å². The van der Waals surface area contributed by atoms with Crippen LogP contribution in [0.5, 0.6) is 0 Å². The minimum absolute atomic E-state index is 0.0718. The van der Waals surface area contributed by atoms with Crippen LogP contribution in [0.3, 0.4) is 0 Å². The average molecular weight is 228 g/mol. The van der Waals surface area contributed by atoms with Gasteiger partial charge in [-0.15, -0.1) is 0 Å². The summed E-state index contributed by atoms with van der Waals surface area (Å²) >= 11 is 0. The van der Waals surface area contributed by atoms with E-state index in [2.05, 4.69) is 5.32 Å². The van der Waals surface area contributed by atoms with Gasteiger partial charge in [-0.1, -0.05) is 0 Å². The van der Waals surface area contributed by atoms with Gasteiger partial charge < -0.3 is 10.6 Å². The molecule has 0 aromatic heterocycles. The predicted molar refractivity (Wildman–Crippen MR) is 45.0 cm³/mol. The zero-order valence-electron chi connectivity index (χ0n) is 7.90. The second-order valence-electron chi connectivity index (χ2n) is 3.41. The summed E-state index contributed by atoms with van der Waals surface area (Å²) in [6.07, 6.45) is -1.91. The Morgan fingerprint density at radius 2 is 1.93 bits per heavy atom. The van der Waals surface area contributed by atoms with Crippen molar-refractivity contribution < 1.29 is 22.4 Å². The number of amides is 1. The van der Waals surface area contributed by atoms with Crippen molar-refractivity contribution in [1.29, 1.82) is 0 Å². The van der Waals surface area contributed by atoms with E-state index in [1.165, 1.54) is 0 Å². The molecule has 7 heteroatoms. The monoisotopic (exact) mass is 228 g/mol. The molecule has 0 spiro atoms. The fraction of sp³-hybridized carbons (Fsp3) is 0.875. The van der Waals surface area contributed by atoms with Crippen LogP contribution in [0.25, 0.3) is 0 Å². The van der Waals surface area contributed by atoms with Crippen LogP contribution >= 0.6 is 0 Å². The lowest BCUT2D eigenvalue weighted by Crippen LogP contribution is -2.47. The fourth-order valence-electron chi connectivity index (χ4n) is 0.957. The van der Waals surface area contributed by atoms with E-state index in [4.69, 9.17) is 0 Å². The van der Waals surface area contributed by atoms with Crippen LogP contribution in [0.2, 0.25) is 0 Å². The van der Waals surface area contributed by atoms with E-state index in [-0.39, 0.29) is 6.54 Å². The summed E-state index contributed by atoms with van der Waals surface area (Å²) in [6, 6.07) is 0.387. The quantitative estimate of drug-likeness (QED) is 0.520. The van der Waals surface area contributed by atoms with Crippen LogP contribution in [0.4, 0.5) is 17.6 Å². The van der Waals surface area contributed by atoms with E-state index >= 15 is 0 Å². The highest BCUT2D eigenvalue weighted by Gasteiger charge is 2.48. The normalized spacial score (nSPS) is 16.9. The third-order valence-electron chi connectivity index (χ3n) is 2.00. The molecule has 0 radical (unpaired) electrons. The zero-order chi connectivity index (χ0) is 11.5. The molecule has 0 saturated heterocycles. The molecule has 1 rings (SSSR count). The molecule has 15 heavy (non-hydrogen) atoms. The zero-order valence-corrected chi connectivity index (χ0v) is 7.90. The van der Waals surface area contributed by atoms with Crippen LogP contribution in [0.1, 0.15) is 12.8 Å². The first-order chi connectivity index (χ1) is 6.94. The van der Waals surface area contributed by atoms with Gasteiger partial charge in [0.1, 0.15) is 0 Å². The molecule has 1 amide bonds. The van der Waals surface area contributed by atoms with Crippen molar-refractivity contribution in [2.75, 3.05) is 13.1 Å². The van der Waals surface area contributed by atoms with E-state index in [0.717, 1.165) is 12.8 Å². The SMILES string of the molecule is O=C(NCCNC1CC1)C(F)(F)C(F)F. The first kappa shape index (κ1) is 12.2. The Kier molecular flexibility index (Phi) is 3.90. The Bertz CT molecular complexity index is 231. The van der Waals surface area contributed by atoms with Crippen molar-refractivity contribution in [2.24, 2.45) is 0 Å². The molecule has 2 N–H and O–H groups in total. The van der Waals surface area contributed by atoms with Crippen LogP contribution in [0, 0.1) is 0 Å². The number of hydrogen-bond acceptors (Lipinski definition) is 2. The number of halogens is 4. The highest BCUT2D eigenvalue weighted by atomic mass is 19.3. The number of rotatable bonds is 6. The molecule has 0 heterocycles. The second kappa shape index (κ2) is 4.78. The molecule has 0 unspecified atom stereocenters. The van der Waals surface area contributed by atoms with Crippen LogP contribution in [0.15, 0.2) is 0 Å². The average Bonchev–Trinajstić information content (AvgIpc) is 2.95. The number of alkyl halides is 4. The van der Waals surface area contributed by atoms with Crippen molar-refractivity contribution in [3.05, 3.63) is 0 Å². The highest BCUT2D eigenvalue weighted by molar-refractivity contribution is 5.83. The second-order valence-corrected chi connectivity index (χ2v) is 3.41. The van der Waals surface area contributed by atoms with Crippen molar-refractivity contribution in [2.45, 2.75) is 31.2 Å². The highest BCUT2D eigenvalue weighted by Crippen LogP contribution is 2.22. The number of carbonyl (C=O) groups excluding carboxylic acids is 1. The summed E-state index contributed by atoms with van der Waals surface area (Å²) < 4.78 is 48.1. The Morgan fingerprint density at radius 3 is 2.40 bits per heavy atom. The first-order valence-corrected chi connectivity index (χ1v) is 4.62. The topological polar surface area (TPSA) is 41.1 Å². The molecule has 1 aliphatic rings. The lowest BCUT2D eigenvalue weighted by Gasteiger charge is -2.14. The summed E-state index contributed by atoms with van der Waals surface area (Å²) in [7, 11) is 0. The standard InChI is InChI=1S/C8H12F4N2O/c9-6(10)8(11,12)7(15)14-4-3-13-5-1-2-5/h5-6,13H,1-4H2,(H,14,15). The minimum atomic E-state index is -4.60. The van der Waals surface area contributed by atoms with Gasteiger partial charge in [0.25, 0.3) is 5.91 Å². The summed E-state index contributed by atoms with van der Waals surface area (Å²) in [5, 5.41) is 4.70. The van der Waals surface area contributed by atoms with Crippen molar-refractivity contribution in [1.82, 2.24) is 10.6 Å². The van der Waals surface area contributed by atoms with Crippen molar-refractivity contribution >= 4 is 5.91 Å². The van der Waals surface area contributed by atoms with Crippen LogP contribution in [-0.4, -0.2) is 37.4 Å². The lowest BCUT2D eigenvalue weighted by atomic mass is 10.3. The summed E-state index contributed by atoms with van der Waals surface area (Å²) in [5.74, 6) is -6.52. The molecule has 1 saturated carbocycles. The maximum absolute atomic E-state index is 12.4. The Hall–Kier alpha value is -0.850. The maximum Gasteiger partial charge on any atom is 0.383 e. The number of nitrogens with one attached hydrogen (secondary N) is 2. The van der Waals surface area contributed by atoms with Crippen LogP contribution in [-0.2, 0) is 4.79 Å². The van der Waals surface area contributed by atoms with E-state index in [1.807, 2.05) is 0 Å². The van der Waals surface area contributed by atoms with Gasteiger partial charge in [0, 0.05) is 19.1 Å². The minimum Gasteiger partial charge on any atom is -0.349 e. The van der Waals surface area contributed by atoms with E-state index in [1.54, 1.807) is 5.32 Å². The molecule has 0 aromatic rings. The molecule has 0 aliphatic heterocycles.